The van der Waals surface area contributed by atoms with Crippen LogP contribution in [-0.2, 0) is 6.42 Å². The Kier molecular flexibility index (Phi) is 3.24. The average molecular weight is 176 g/mol. The molecule has 0 atom stereocenters. The van der Waals surface area contributed by atoms with Crippen molar-refractivity contribution >= 4 is 5.78 Å². The molecule has 0 saturated carbocycles. The monoisotopic (exact) mass is 176 g/mol. The first-order valence-electron chi connectivity index (χ1n) is 4.91. The first kappa shape index (κ1) is 9.97. The Morgan fingerprint density at radius 3 is 2.46 bits per heavy atom. The van der Waals surface area contributed by atoms with E-state index in [-0.39, 0.29) is 0 Å². The molecule has 13 heavy (non-hydrogen) atoms. The van der Waals surface area contributed by atoms with E-state index >= 15 is 0 Å². The van der Waals surface area contributed by atoms with Crippen molar-refractivity contribution in [2.45, 2.75) is 33.6 Å². The fraction of sp³-hybridized carbons (Fsp3) is 0.417. The predicted octanol–water partition coefficient (Wildman–Crippen LogP) is 3.15. The standard InChI is InChI=1S/C10H10O.C2H6/c1-7-3-2-4-9-8(7)5-6-10(9)11;1-2/h2-4H,5-6H2,1H3;1-2H3. The SMILES string of the molecule is CC.Cc1cccc2c1CCC2=O. The minimum absolute atomic E-state index is 0.309. The summed E-state index contributed by atoms with van der Waals surface area (Å²) in [7, 11) is 0. The highest BCUT2D eigenvalue weighted by atomic mass is 16.1. The van der Waals surface area contributed by atoms with Gasteiger partial charge in [0.2, 0.25) is 0 Å². The highest BCUT2D eigenvalue weighted by Crippen LogP contribution is 2.24. The lowest BCUT2D eigenvalue weighted by atomic mass is 10.1. The van der Waals surface area contributed by atoms with E-state index in [0.717, 1.165) is 12.0 Å². The zero-order valence-electron chi connectivity index (χ0n) is 8.55. The second-order valence-electron chi connectivity index (χ2n) is 3.02. The van der Waals surface area contributed by atoms with E-state index < -0.39 is 0 Å². The van der Waals surface area contributed by atoms with Crippen LogP contribution in [-0.4, -0.2) is 5.78 Å². The number of aryl methyl sites for hydroxylation is 1. The van der Waals surface area contributed by atoms with Gasteiger partial charge in [0.1, 0.15) is 0 Å². The van der Waals surface area contributed by atoms with Gasteiger partial charge in [0.15, 0.2) is 5.78 Å². The van der Waals surface area contributed by atoms with Crippen molar-refractivity contribution in [3.63, 3.8) is 0 Å². The van der Waals surface area contributed by atoms with Gasteiger partial charge >= 0.3 is 0 Å². The Morgan fingerprint density at radius 1 is 1.15 bits per heavy atom. The average Bonchev–Trinajstić information content (AvgIpc) is 2.53. The minimum Gasteiger partial charge on any atom is -0.294 e. The Hall–Kier alpha value is -1.11. The number of hydrogen-bond donors (Lipinski definition) is 0. The highest BCUT2D eigenvalue weighted by molar-refractivity contribution is 6.00. The molecule has 0 N–H and O–H groups in total. The van der Waals surface area contributed by atoms with Crippen molar-refractivity contribution in [1.82, 2.24) is 0 Å². The molecule has 0 spiro atoms. The van der Waals surface area contributed by atoms with Gasteiger partial charge in [0, 0.05) is 12.0 Å². The number of carbonyl (C=O) groups is 1. The maximum Gasteiger partial charge on any atom is 0.163 e. The summed E-state index contributed by atoms with van der Waals surface area (Å²) in [6.45, 7) is 6.07. The van der Waals surface area contributed by atoms with Crippen LogP contribution in [0.1, 0.15) is 41.8 Å². The van der Waals surface area contributed by atoms with Crippen LogP contribution in [0.5, 0.6) is 0 Å². The van der Waals surface area contributed by atoms with E-state index in [9.17, 15) is 4.79 Å². The van der Waals surface area contributed by atoms with Crippen molar-refractivity contribution in [3.8, 4) is 0 Å². The van der Waals surface area contributed by atoms with Crippen LogP contribution >= 0.6 is 0 Å². The number of fused-ring (bicyclic) bond motifs is 1. The maximum absolute atomic E-state index is 11.2. The second kappa shape index (κ2) is 4.22. The van der Waals surface area contributed by atoms with Crippen molar-refractivity contribution < 1.29 is 4.79 Å². The molecule has 0 heterocycles. The lowest BCUT2D eigenvalue weighted by Gasteiger charge is -1.99. The van der Waals surface area contributed by atoms with E-state index in [1.807, 2.05) is 26.0 Å². The summed E-state index contributed by atoms with van der Waals surface area (Å²) in [5, 5.41) is 0. The van der Waals surface area contributed by atoms with Gasteiger partial charge in [-0.2, -0.15) is 0 Å². The minimum atomic E-state index is 0.309. The van der Waals surface area contributed by atoms with Gasteiger partial charge in [0.05, 0.1) is 0 Å². The number of ketones is 1. The van der Waals surface area contributed by atoms with Crippen LogP contribution < -0.4 is 0 Å². The third-order valence-electron chi connectivity index (χ3n) is 2.31. The van der Waals surface area contributed by atoms with Crippen LogP contribution in [0.25, 0.3) is 0 Å². The molecule has 2 rings (SSSR count). The van der Waals surface area contributed by atoms with E-state index in [1.165, 1.54) is 11.1 Å². The Labute approximate surface area is 79.8 Å². The summed E-state index contributed by atoms with van der Waals surface area (Å²) < 4.78 is 0. The molecule has 1 aromatic carbocycles. The van der Waals surface area contributed by atoms with E-state index in [4.69, 9.17) is 0 Å². The molecular formula is C12H16O. The quantitative estimate of drug-likeness (QED) is 0.593. The summed E-state index contributed by atoms with van der Waals surface area (Å²) in [5.41, 5.74) is 3.47. The highest BCUT2D eigenvalue weighted by Gasteiger charge is 2.19. The number of Topliss-reactive ketones (excluding diaryl/α,β-unsaturated/α-hetero) is 1. The third-order valence-corrected chi connectivity index (χ3v) is 2.31. The van der Waals surface area contributed by atoms with Gasteiger partial charge in [0.25, 0.3) is 0 Å². The van der Waals surface area contributed by atoms with E-state index in [0.29, 0.717) is 12.2 Å². The molecule has 70 valence electrons. The molecule has 0 saturated heterocycles. The molecule has 1 aliphatic rings. The lowest BCUT2D eigenvalue weighted by Crippen LogP contribution is -1.91. The van der Waals surface area contributed by atoms with Gasteiger partial charge in [-0.05, 0) is 24.5 Å². The Bertz CT molecular complexity index is 313. The molecule has 1 aromatic rings. The predicted molar refractivity (Wildman–Crippen MR) is 55.2 cm³/mol. The summed E-state index contributed by atoms with van der Waals surface area (Å²) in [5.74, 6) is 0.309. The van der Waals surface area contributed by atoms with Crippen molar-refractivity contribution in [3.05, 3.63) is 34.9 Å². The summed E-state index contributed by atoms with van der Waals surface area (Å²) >= 11 is 0. The third kappa shape index (κ3) is 1.80. The molecule has 1 aliphatic carbocycles. The first-order valence-corrected chi connectivity index (χ1v) is 4.91. The summed E-state index contributed by atoms with van der Waals surface area (Å²) in [4.78, 5) is 11.2. The molecule has 0 unspecified atom stereocenters. The van der Waals surface area contributed by atoms with E-state index in [1.54, 1.807) is 0 Å². The fourth-order valence-corrected chi connectivity index (χ4v) is 1.67. The van der Waals surface area contributed by atoms with Crippen molar-refractivity contribution in [2.75, 3.05) is 0 Å². The van der Waals surface area contributed by atoms with Gasteiger partial charge in [-0.25, -0.2) is 0 Å². The molecule has 0 amide bonds. The second-order valence-corrected chi connectivity index (χ2v) is 3.02. The molecular weight excluding hydrogens is 160 g/mol. The van der Waals surface area contributed by atoms with Crippen LogP contribution in [0.2, 0.25) is 0 Å². The molecule has 0 radical (unpaired) electrons. The molecule has 0 bridgehead atoms. The zero-order valence-corrected chi connectivity index (χ0v) is 8.55. The van der Waals surface area contributed by atoms with E-state index in [2.05, 4.69) is 13.0 Å². The number of carbonyl (C=O) groups excluding carboxylic acids is 1. The van der Waals surface area contributed by atoms with Crippen LogP contribution in [0.15, 0.2) is 18.2 Å². The molecule has 1 heteroatoms. The fourth-order valence-electron chi connectivity index (χ4n) is 1.67. The first-order chi connectivity index (χ1) is 6.29. The number of benzene rings is 1. The van der Waals surface area contributed by atoms with Crippen LogP contribution in [0.3, 0.4) is 0 Å². The number of hydrogen-bond acceptors (Lipinski definition) is 1. The molecule has 1 nitrogen and oxygen atoms in total. The Balaban J connectivity index is 0.000000396. The van der Waals surface area contributed by atoms with Gasteiger partial charge in [-0.1, -0.05) is 32.0 Å². The summed E-state index contributed by atoms with van der Waals surface area (Å²) in [6.07, 6.45) is 1.65. The van der Waals surface area contributed by atoms with Crippen molar-refractivity contribution in [1.29, 1.82) is 0 Å². The van der Waals surface area contributed by atoms with Gasteiger partial charge in [-0.15, -0.1) is 0 Å². The van der Waals surface area contributed by atoms with Crippen LogP contribution in [0.4, 0.5) is 0 Å². The largest absolute Gasteiger partial charge is 0.294 e. The molecule has 0 aliphatic heterocycles. The van der Waals surface area contributed by atoms with Gasteiger partial charge < -0.3 is 0 Å². The maximum atomic E-state index is 11.2. The lowest BCUT2D eigenvalue weighted by molar-refractivity contribution is 0.0994. The summed E-state index contributed by atoms with van der Waals surface area (Å²) in [6, 6.07) is 5.95. The topological polar surface area (TPSA) is 17.1 Å². The molecule has 0 aromatic heterocycles. The smallest absolute Gasteiger partial charge is 0.163 e. The number of rotatable bonds is 0. The van der Waals surface area contributed by atoms with Gasteiger partial charge in [-0.3, -0.25) is 4.79 Å². The Morgan fingerprint density at radius 2 is 1.85 bits per heavy atom. The van der Waals surface area contributed by atoms with Crippen molar-refractivity contribution in [2.24, 2.45) is 0 Å². The molecule has 0 fully saturated rings. The zero-order chi connectivity index (χ0) is 9.84. The van der Waals surface area contributed by atoms with Crippen LogP contribution in [0, 0.1) is 6.92 Å². The normalized spacial score (nSPS) is 13.3.